The number of fused-ring (bicyclic) bond motifs is 1. The van der Waals surface area contributed by atoms with E-state index in [2.05, 4.69) is 16.2 Å². The van der Waals surface area contributed by atoms with Crippen LogP contribution in [-0.4, -0.2) is 27.2 Å². The van der Waals surface area contributed by atoms with Crippen molar-refractivity contribution < 1.29 is 9.21 Å². The van der Waals surface area contributed by atoms with Crippen LogP contribution in [0.2, 0.25) is 0 Å². The van der Waals surface area contributed by atoms with Gasteiger partial charge in [0.1, 0.15) is 16.7 Å². The molecule has 7 heteroatoms. The number of pyridine rings is 1. The molecule has 28 heavy (non-hydrogen) atoms. The summed E-state index contributed by atoms with van der Waals surface area (Å²) in [5, 5.41) is 14.2. The van der Waals surface area contributed by atoms with Gasteiger partial charge >= 0.3 is 0 Å². The van der Waals surface area contributed by atoms with Gasteiger partial charge in [0.05, 0.1) is 29.6 Å². The second-order valence-corrected chi connectivity index (χ2v) is 8.16. The Morgan fingerprint density at radius 1 is 1.29 bits per heavy atom. The minimum Gasteiger partial charge on any atom is -0.452 e. The highest BCUT2D eigenvalue weighted by Gasteiger charge is 2.57. The van der Waals surface area contributed by atoms with E-state index in [-0.39, 0.29) is 11.8 Å². The van der Waals surface area contributed by atoms with Crippen molar-refractivity contribution in [1.82, 2.24) is 14.8 Å². The van der Waals surface area contributed by atoms with E-state index in [9.17, 15) is 10.1 Å². The first-order valence-corrected chi connectivity index (χ1v) is 9.86. The van der Waals surface area contributed by atoms with Gasteiger partial charge in [-0.1, -0.05) is 0 Å². The first-order chi connectivity index (χ1) is 13.7. The summed E-state index contributed by atoms with van der Waals surface area (Å²) in [7, 11) is 0. The maximum atomic E-state index is 13.2. The first kappa shape index (κ1) is 15.9. The topological polar surface area (TPSA) is 87.9 Å². The van der Waals surface area contributed by atoms with Crippen LogP contribution in [0.4, 0.5) is 5.69 Å². The Kier molecular flexibility index (Phi) is 3.09. The Bertz CT molecular complexity index is 1150. The molecule has 0 N–H and O–H groups in total. The highest BCUT2D eigenvalue weighted by molar-refractivity contribution is 6.06. The Hall–Kier alpha value is -3.14. The molecule has 4 heterocycles. The molecule has 0 radical (unpaired) electrons. The quantitative estimate of drug-likeness (QED) is 0.696. The predicted octanol–water partition coefficient (Wildman–Crippen LogP) is 3.68. The summed E-state index contributed by atoms with van der Waals surface area (Å²) in [6, 6.07) is 6.55. The smallest absolute Gasteiger partial charge is 0.247 e. The lowest BCUT2D eigenvalue weighted by molar-refractivity contribution is -0.123. The van der Waals surface area contributed by atoms with E-state index in [4.69, 9.17) is 4.42 Å². The summed E-state index contributed by atoms with van der Waals surface area (Å²) >= 11 is 0. The summed E-state index contributed by atoms with van der Waals surface area (Å²) in [4.78, 5) is 19.3. The Labute approximate surface area is 161 Å². The molecule has 0 bridgehead atoms. The summed E-state index contributed by atoms with van der Waals surface area (Å²) < 4.78 is 8.13. The molecule has 0 spiro atoms. The van der Waals surface area contributed by atoms with Crippen LogP contribution in [0.15, 0.2) is 35.1 Å². The Morgan fingerprint density at radius 3 is 2.89 bits per heavy atom. The number of carbonyl (C=O) groups is 1. The van der Waals surface area contributed by atoms with Gasteiger partial charge in [-0.3, -0.25) is 14.5 Å². The third-order valence-corrected chi connectivity index (χ3v) is 6.32. The van der Waals surface area contributed by atoms with E-state index < -0.39 is 5.41 Å². The lowest BCUT2D eigenvalue weighted by Gasteiger charge is -2.20. The first-order valence-electron chi connectivity index (χ1n) is 9.86. The molecule has 140 valence electrons. The van der Waals surface area contributed by atoms with E-state index >= 15 is 0 Å². The van der Waals surface area contributed by atoms with Crippen molar-refractivity contribution >= 4 is 22.7 Å². The number of amides is 1. The fourth-order valence-electron chi connectivity index (χ4n) is 4.40. The highest BCUT2D eigenvalue weighted by atomic mass is 16.3. The van der Waals surface area contributed by atoms with Crippen molar-refractivity contribution in [3.05, 3.63) is 30.7 Å². The summed E-state index contributed by atoms with van der Waals surface area (Å²) in [5.74, 6) is 0.805. The molecule has 1 atom stereocenters. The number of hydrogen-bond acceptors (Lipinski definition) is 5. The van der Waals surface area contributed by atoms with Crippen molar-refractivity contribution in [1.29, 1.82) is 5.26 Å². The number of nitriles is 1. The van der Waals surface area contributed by atoms with Crippen LogP contribution in [0.1, 0.15) is 38.1 Å². The van der Waals surface area contributed by atoms with Crippen LogP contribution in [0.5, 0.6) is 0 Å². The number of nitrogens with zero attached hydrogens (tertiary/aromatic N) is 5. The minimum absolute atomic E-state index is 0.0931. The molecule has 3 aromatic heterocycles. The second kappa shape index (κ2) is 5.44. The van der Waals surface area contributed by atoms with Crippen LogP contribution >= 0.6 is 0 Å². The zero-order valence-corrected chi connectivity index (χ0v) is 15.3. The van der Waals surface area contributed by atoms with E-state index in [1.165, 1.54) is 12.8 Å². The number of anilines is 1. The summed E-state index contributed by atoms with van der Waals surface area (Å²) in [6.07, 6.45) is 10.4. The fourth-order valence-corrected chi connectivity index (χ4v) is 4.40. The number of rotatable bonds is 4. The number of furan rings is 1. The van der Waals surface area contributed by atoms with Crippen LogP contribution in [0.25, 0.3) is 22.4 Å². The molecule has 1 saturated heterocycles. The molecule has 3 aliphatic rings. The van der Waals surface area contributed by atoms with Crippen molar-refractivity contribution in [3.63, 3.8) is 0 Å². The largest absolute Gasteiger partial charge is 0.452 e. The van der Waals surface area contributed by atoms with Crippen LogP contribution < -0.4 is 4.90 Å². The lowest BCUT2D eigenvalue weighted by atomic mass is 9.83. The molecular formula is C21H19N5O2. The molecule has 0 unspecified atom stereocenters. The van der Waals surface area contributed by atoms with Gasteiger partial charge in [-0.15, -0.1) is 0 Å². The van der Waals surface area contributed by atoms with Crippen LogP contribution in [0.3, 0.4) is 0 Å². The van der Waals surface area contributed by atoms with Crippen molar-refractivity contribution in [2.75, 3.05) is 11.4 Å². The van der Waals surface area contributed by atoms with Crippen molar-refractivity contribution in [3.8, 4) is 17.4 Å². The molecule has 1 amide bonds. The van der Waals surface area contributed by atoms with Gasteiger partial charge in [0.25, 0.3) is 0 Å². The highest BCUT2D eigenvalue weighted by Crippen LogP contribution is 2.52. The molecule has 3 fully saturated rings. The van der Waals surface area contributed by atoms with Gasteiger partial charge in [-0.05, 0) is 44.1 Å². The van der Waals surface area contributed by atoms with Gasteiger partial charge in [-0.25, -0.2) is 0 Å². The average molecular weight is 373 g/mol. The van der Waals surface area contributed by atoms with Gasteiger partial charge in [0.15, 0.2) is 5.58 Å². The molecule has 6 rings (SSSR count). The molecule has 2 aliphatic carbocycles. The molecular weight excluding hydrogens is 354 g/mol. The SMILES string of the molecule is N#C[C@@]1(C2CC2)CCN(c2ccnc3cc(-c4cnn(C5CC5)c4)oc23)C1=O. The second-order valence-electron chi connectivity index (χ2n) is 8.16. The van der Waals surface area contributed by atoms with Gasteiger partial charge < -0.3 is 9.32 Å². The summed E-state index contributed by atoms with van der Waals surface area (Å²) in [5.41, 5.74) is 2.05. The molecule has 1 aliphatic heterocycles. The lowest BCUT2D eigenvalue weighted by Crippen LogP contribution is -2.35. The minimum atomic E-state index is -0.865. The molecule has 7 nitrogen and oxygen atoms in total. The predicted molar refractivity (Wildman–Crippen MR) is 101 cm³/mol. The molecule has 0 aromatic carbocycles. The number of aromatic nitrogens is 3. The van der Waals surface area contributed by atoms with Gasteiger partial charge in [0.2, 0.25) is 5.91 Å². The Morgan fingerprint density at radius 2 is 2.14 bits per heavy atom. The van der Waals surface area contributed by atoms with E-state index in [0.717, 1.165) is 18.4 Å². The Balaban J connectivity index is 1.40. The summed E-state index contributed by atoms with van der Waals surface area (Å²) in [6.45, 7) is 0.539. The van der Waals surface area contributed by atoms with Crippen LogP contribution in [0, 0.1) is 22.7 Å². The zero-order chi connectivity index (χ0) is 18.9. The van der Waals surface area contributed by atoms with Gasteiger partial charge in [0, 0.05) is 25.0 Å². The van der Waals surface area contributed by atoms with E-state index in [0.29, 0.717) is 41.6 Å². The number of carbonyl (C=O) groups excluding carboxylic acids is 1. The molecule has 2 saturated carbocycles. The van der Waals surface area contributed by atoms with Crippen molar-refractivity contribution in [2.45, 2.75) is 38.1 Å². The van der Waals surface area contributed by atoms with Crippen molar-refractivity contribution in [2.24, 2.45) is 11.3 Å². The fraction of sp³-hybridized carbons (Fsp3) is 0.429. The molecule has 3 aromatic rings. The number of hydrogen-bond donors (Lipinski definition) is 0. The van der Waals surface area contributed by atoms with Crippen LogP contribution in [-0.2, 0) is 4.79 Å². The monoisotopic (exact) mass is 373 g/mol. The van der Waals surface area contributed by atoms with Gasteiger partial charge in [-0.2, -0.15) is 10.4 Å². The van der Waals surface area contributed by atoms with E-state index in [1.807, 2.05) is 29.2 Å². The normalized spacial score (nSPS) is 24.8. The standard InChI is InChI=1S/C21H19N5O2/c22-12-21(14-1-2-14)6-8-25(20(21)27)17-5-7-23-16-9-18(28-19(16)17)13-10-24-26(11-13)15-3-4-15/h5,7,9-11,14-15H,1-4,6,8H2/t21-/m1/s1. The van der Waals surface area contributed by atoms with E-state index in [1.54, 1.807) is 11.1 Å². The third-order valence-electron chi connectivity index (χ3n) is 6.32. The maximum absolute atomic E-state index is 13.2. The average Bonchev–Trinajstić information content (AvgIpc) is 3.62. The third kappa shape index (κ3) is 2.18. The maximum Gasteiger partial charge on any atom is 0.247 e. The zero-order valence-electron chi connectivity index (χ0n) is 15.3.